The summed E-state index contributed by atoms with van der Waals surface area (Å²) in [6, 6.07) is 5.92. The van der Waals surface area contributed by atoms with Gasteiger partial charge in [-0.25, -0.2) is 0 Å². The van der Waals surface area contributed by atoms with E-state index in [1.165, 1.54) is 23.5 Å². The van der Waals surface area contributed by atoms with Crippen LogP contribution < -0.4 is 0 Å². The molecular weight excluding hydrogens is 341 g/mol. The first-order valence-electron chi connectivity index (χ1n) is 5.27. The van der Waals surface area contributed by atoms with Gasteiger partial charge in [0, 0.05) is 14.9 Å². The highest BCUT2D eigenvalue weighted by molar-refractivity contribution is 9.10. The van der Waals surface area contributed by atoms with Crippen molar-refractivity contribution in [1.82, 2.24) is 0 Å². The first kappa shape index (κ1) is 14.3. The average Bonchev–Trinajstić information content (AvgIpc) is 2.68. The van der Waals surface area contributed by atoms with Gasteiger partial charge in [0.2, 0.25) is 5.78 Å². The normalized spacial score (nSPS) is 11.6. The van der Waals surface area contributed by atoms with Gasteiger partial charge in [-0.1, -0.05) is 12.1 Å². The zero-order valence-corrected chi connectivity index (χ0v) is 12.1. The fourth-order valence-electron chi connectivity index (χ4n) is 1.52. The van der Waals surface area contributed by atoms with Crippen LogP contribution in [0.25, 0.3) is 0 Å². The maximum Gasteiger partial charge on any atom is 0.416 e. The summed E-state index contributed by atoms with van der Waals surface area (Å²) in [6.45, 7) is 1.86. The minimum Gasteiger partial charge on any atom is -0.288 e. The number of halogens is 4. The zero-order valence-electron chi connectivity index (χ0n) is 9.72. The number of rotatable bonds is 2. The van der Waals surface area contributed by atoms with E-state index in [1.807, 2.05) is 6.92 Å². The molecule has 1 aromatic carbocycles. The van der Waals surface area contributed by atoms with Crippen LogP contribution in [0.15, 0.2) is 34.8 Å². The van der Waals surface area contributed by atoms with Crippen molar-refractivity contribution in [3.8, 4) is 0 Å². The Morgan fingerprint density at radius 3 is 2.21 bits per heavy atom. The van der Waals surface area contributed by atoms with E-state index in [0.717, 1.165) is 21.5 Å². The lowest BCUT2D eigenvalue weighted by Crippen LogP contribution is -2.06. The smallest absolute Gasteiger partial charge is 0.288 e. The van der Waals surface area contributed by atoms with Gasteiger partial charge in [-0.15, -0.1) is 11.3 Å². The van der Waals surface area contributed by atoms with Gasteiger partial charge in [0.15, 0.2) is 0 Å². The van der Waals surface area contributed by atoms with Crippen LogP contribution in [-0.4, -0.2) is 5.78 Å². The third-order valence-corrected chi connectivity index (χ3v) is 4.69. The van der Waals surface area contributed by atoms with Crippen LogP contribution in [0.5, 0.6) is 0 Å². The van der Waals surface area contributed by atoms with Crippen LogP contribution >= 0.6 is 27.3 Å². The topological polar surface area (TPSA) is 17.1 Å². The molecule has 0 aliphatic carbocycles. The first-order valence-corrected chi connectivity index (χ1v) is 6.88. The molecule has 0 radical (unpaired) electrons. The maximum atomic E-state index is 12.4. The second-order valence-electron chi connectivity index (χ2n) is 3.92. The molecule has 19 heavy (non-hydrogen) atoms. The Morgan fingerprint density at radius 2 is 1.79 bits per heavy atom. The fourth-order valence-corrected chi connectivity index (χ4v) is 3.02. The second kappa shape index (κ2) is 5.09. The second-order valence-corrected chi connectivity index (χ2v) is 6.03. The molecule has 2 rings (SSSR count). The number of benzene rings is 1. The lowest BCUT2D eigenvalue weighted by atomic mass is 10.1. The molecule has 0 aliphatic rings. The Hall–Kier alpha value is -1.14. The minimum atomic E-state index is -4.38. The third-order valence-electron chi connectivity index (χ3n) is 2.56. The van der Waals surface area contributed by atoms with Crippen molar-refractivity contribution in [3.63, 3.8) is 0 Å². The Kier molecular flexibility index (Phi) is 3.82. The Labute approximate surface area is 120 Å². The maximum absolute atomic E-state index is 12.4. The summed E-state index contributed by atoms with van der Waals surface area (Å²) in [5.41, 5.74) is -0.505. The first-order chi connectivity index (χ1) is 8.79. The number of carbonyl (C=O) groups is 1. The molecule has 0 saturated heterocycles. The SMILES string of the molecule is Cc1sc(C(=O)c2ccc(C(F)(F)F)cc2)cc1Br. The largest absolute Gasteiger partial charge is 0.416 e. The van der Waals surface area contributed by atoms with Gasteiger partial charge in [0.1, 0.15) is 0 Å². The van der Waals surface area contributed by atoms with Gasteiger partial charge in [-0.05, 0) is 41.1 Å². The van der Waals surface area contributed by atoms with Crippen molar-refractivity contribution in [2.75, 3.05) is 0 Å². The highest BCUT2D eigenvalue weighted by atomic mass is 79.9. The molecule has 100 valence electrons. The number of thiophene rings is 1. The van der Waals surface area contributed by atoms with Crippen LogP contribution in [0.1, 0.15) is 25.7 Å². The number of alkyl halides is 3. The van der Waals surface area contributed by atoms with Crippen LogP contribution in [0, 0.1) is 6.92 Å². The minimum absolute atomic E-state index is 0.252. The number of hydrogen-bond acceptors (Lipinski definition) is 2. The molecule has 0 saturated carbocycles. The standard InChI is InChI=1S/C13H8BrF3OS/c1-7-10(14)6-11(19-7)12(18)8-2-4-9(5-3-8)13(15,16)17/h2-6H,1H3. The van der Waals surface area contributed by atoms with Crippen LogP contribution in [0.4, 0.5) is 13.2 Å². The molecular formula is C13H8BrF3OS. The molecule has 0 aliphatic heterocycles. The molecule has 0 atom stereocenters. The van der Waals surface area contributed by atoms with Crippen LogP contribution in [0.2, 0.25) is 0 Å². The van der Waals surface area contributed by atoms with E-state index in [2.05, 4.69) is 15.9 Å². The third kappa shape index (κ3) is 3.06. The zero-order chi connectivity index (χ0) is 14.2. The number of hydrogen-bond donors (Lipinski definition) is 0. The highest BCUT2D eigenvalue weighted by Crippen LogP contribution is 2.31. The molecule has 1 nitrogen and oxygen atoms in total. The van der Waals surface area contributed by atoms with Crippen molar-refractivity contribution in [1.29, 1.82) is 0 Å². The Balaban J connectivity index is 2.30. The molecule has 1 aromatic heterocycles. The molecule has 0 spiro atoms. The molecule has 6 heteroatoms. The van der Waals surface area contributed by atoms with E-state index in [0.29, 0.717) is 4.88 Å². The predicted octanol–water partition coefficient (Wildman–Crippen LogP) is 5.07. The summed E-state index contributed by atoms with van der Waals surface area (Å²) < 4.78 is 38.1. The van der Waals surface area contributed by atoms with Crippen molar-refractivity contribution in [2.24, 2.45) is 0 Å². The lowest BCUT2D eigenvalue weighted by molar-refractivity contribution is -0.137. The molecule has 0 bridgehead atoms. The van der Waals surface area contributed by atoms with Crippen LogP contribution in [-0.2, 0) is 6.18 Å². The van der Waals surface area contributed by atoms with Gasteiger partial charge in [0.05, 0.1) is 10.4 Å². The van der Waals surface area contributed by atoms with Gasteiger partial charge in [-0.3, -0.25) is 4.79 Å². The summed E-state index contributed by atoms with van der Waals surface area (Å²) >= 11 is 4.61. The van der Waals surface area contributed by atoms with Gasteiger partial charge in [0.25, 0.3) is 0 Å². The average molecular weight is 349 g/mol. The number of ketones is 1. The van der Waals surface area contributed by atoms with E-state index in [-0.39, 0.29) is 11.3 Å². The van der Waals surface area contributed by atoms with Crippen molar-refractivity contribution in [2.45, 2.75) is 13.1 Å². The summed E-state index contributed by atoms with van der Waals surface area (Å²) in [5, 5.41) is 0. The number of aryl methyl sites for hydroxylation is 1. The Morgan fingerprint density at radius 1 is 1.21 bits per heavy atom. The molecule has 0 amide bonds. The summed E-state index contributed by atoms with van der Waals surface area (Å²) in [5.74, 6) is -0.271. The van der Waals surface area contributed by atoms with Gasteiger partial charge >= 0.3 is 6.18 Å². The molecule has 2 aromatic rings. The van der Waals surface area contributed by atoms with Crippen LogP contribution in [0.3, 0.4) is 0 Å². The fraction of sp³-hybridized carbons (Fsp3) is 0.154. The van der Waals surface area contributed by atoms with Gasteiger partial charge < -0.3 is 0 Å². The molecule has 1 heterocycles. The summed E-state index contributed by atoms with van der Waals surface area (Å²) in [4.78, 5) is 13.5. The highest BCUT2D eigenvalue weighted by Gasteiger charge is 2.30. The monoisotopic (exact) mass is 348 g/mol. The predicted molar refractivity (Wildman–Crippen MR) is 71.6 cm³/mol. The van der Waals surface area contributed by atoms with E-state index >= 15 is 0 Å². The summed E-state index contributed by atoms with van der Waals surface area (Å²) in [7, 11) is 0. The van der Waals surface area contributed by atoms with Gasteiger partial charge in [-0.2, -0.15) is 13.2 Å². The van der Waals surface area contributed by atoms with Crippen molar-refractivity contribution in [3.05, 3.63) is 55.7 Å². The van der Waals surface area contributed by atoms with E-state index in [1.54, 1.807) is 6.07 Å². The van der Waals surface area contributed by atoms with Crippen molar-refractivity contribution < 1.29 is 18.0 Å². The van der Waals surface area contributed by atoms with E-state index in [4.69, 9.17) is 0 Å². The molecule has 0 N–H and O–H groups in total. The lowest BCUT2D eigenvalue weighted by Gasteiger charge is -2.06. The molecule has 0 unspecified atom stereocenters. The van der Waals surface area contributed by atoms with E-state index in [9.17, 15) is 18.0 Å². The van der Waals surface area contributed by atoms with Crippen molar-refractivity contribution >= 4 is 33.0 Å². The number of carbonyl (C=O) groups excluding carboxylic acids is 1. The summed E-state index contributed by atoms with van der Waals surface area (Å²) in [6.07, 6.45) is -4.38. The van der Waals surface area contributed by atoms with E-state index < -0.39 is 11.7 Å². The molecule has 0 fully saturated rings. The Bertz CT molecular complexity index is 594. The quantitative estimate of drug-likeness (QED) is 0.692.